The van der Waals surface area contributed by atoms with E-state index >= 15 is 0 Å². The van der Waals surface area contributed by atoms with E-state index in [4.69, 9.17) is 4.74 Å². The van der Waals surface area contributed by atoms with E-state index in [1.165, 1.54) is 12.1 Å². The molecule has 5 heteroatoms. The first-order valence-electron chi connectivity index (χ1n) is 8.26. The van der Waals surface area contributed by atoms with Crippen LogP contribution in [-0.2, 0) is 11.3 Å². The van der Waals surface area contributed by atoms with Gasteiger partial charge in [-0.1, -0.05) is 36.8 Å². The number of amides is 1. The number of ketones is 1. The Morgan fingerprint density at radius 3 is 2.68 bits per heavy atom. The highest BCUT2D eigenvalue weighted by molar-refractivity contribution is 6.03. The number of carbonyl (C=O) groups is 2. The van der Waals surface area contributed by atoms with Crippen LogP contribution < -0.4 is 10.1 Å². The standard InChI is InChI=1S/C20H20FNO3/c1-12-3-5-14(6-4-12)10-22-18(24)11-25-17-8-7-15(21)19-13(2)9-16(23)20(17)19/h3-8,13H,9-11H2,1-2H3,(H,22,24)/t13-/m0/s1. The van der Waals surface area contributed by atoms with Crippen LogP contribution >= 0.6 is 0 Å². The Hall–Kier alpha value is -2.69. The molecule has 0 saturated carbocycles. The van der Waals surface area contributed by atoms with E-state index < -0.39 is 5.82 Å². The molecule has 1 aliphatic carbocycles. The zero-order valence-electron chi connectivity index (χ0n) is 14.3. The molecule has 1 amide bonds. The largest absolute Gasteiger partial charge is 0.483 e. The molecule has 25 heavy (non-hydrogen) atoms. The van der Waals surface area contributed by atoms with Gasteiger partial charge in [0, 0.05) is 18.5 Å². The molecule has 0 unspecified atom stereocenters. The lowest BCUT2D eigenvalue weighted by Gasteiger charge is -2.12. The minimum Gasteiger partial charge on any atom is -0.483 e. The Morgan fingerprint density at radius 1 is 1.24 bits per heavy atom. The summed E-state index contributed by atoms with van der Waals surface area (Å²) in [7, 11) is 0. The van der Waals surface area contributed by atoms with Crippen molar-refractivity contribution in [1.82, 2.24) is 5.32 Å². The fourth-order valence-corrected chi connectivity index (χ4v) is 3.05. The van der Waals surface area contributed by atoms with E-state index in [1.54, 1.807) is 0 Å². The molecule has 3 rings (SSSR count). The maximum absolute atomic E-state index is 13.9. The van der Waals surface area contributed by atoms with Crippen molar-refractivity contribution in [3.63, 3.8) is 0 Å². The molecule has 1 N–H and O–H groups in total. The van der Waals surface area contributed by atoms with Crippen LogP contribution in [0.4, 0.5) is 4.39 Å². The van der Waals surface area contributed by atoms with Gasteiger partial charge in [-0.2, -0.15) is 0 Å². The van der Waals surface area contributed by atoms with Gasteiger partial charge in [0.1, 0.15) is 11.6 Å². The molecular weight excluding hydrogens is 321 g/mol. The molecule has 2 aromatic carbocycles. The Labute approximate surface area is 146 Å². The fourth-order valence-electron chi connectivity index (χ4n) is 3.05. The third-order valence-electron chi connectivity index (χ3n) is 4.39. The number of benzene rings is 2. The van der Waals surface area contributed by atoms with Gasteiger partial charge in [0.2, 0.25) is 0 Å². The van der Waals surface area contributed by atoms with Gasteiger partial charge in [0.25, 0.3) is 5.91 Å². The summed E-state index contributed by atoms with van der Waals surface area (Å²) >= 11 is 0. The number of fused-ring (bicyclic) bond motifs is 1. The van der Waals surface area contributed by atoms with Crippen molar-refractivity contribution in [3.8, 4) is 5.75 Å². The number of ether oxygens (including phenoxy) is 1. The predicted octanol–water partition coefficient (Wildman–Crippen LogP) is 3.52. The molecular formula is C20H20FNO3. The van der Waals surface area contributed by atoms with Crippen molar-refractivity contribution in [2.45, 2.75) is 32.7 Å². The van der Waals surface area contributed by atoms with Crippen LogP contribution in [0.15, 0.2) is 36.4 Å². The molecule has 0 aliphatic heterocycles. The third-order valence-corrected chi connectivity index (χ3v) is 4.39. The summed E-state index contributed by atoms with van der Waals surface area (Å²) in [5.41, 5.74) is 2.81. The van der Waals surface area contributed by atoms with Gasteiger partial charge in [-0.3, -0.25) is 9.59 Å². The van der Waals surface area contributed by atoms with E-state index in [0.717, 1.165) is 11.1 Å². The predicted molar refractivity (Wildman–Crippen MR) is 92.3 cm³/mol. The monoisotopic (exact) mass is 341 g/mol. The van der Waals surface area contributed by atoms with E-state index in [-0.39, 0.29) is 41.9 Å². The molecule has 0 spiro atoms. The lowest BCUT2D eigenvalue weighted by atomic mass is 10.0. The van der Waals surface area contributed by atoms with Crippen molar-refractivity contribution in [2.24, 2.45) is 0 Å². The van der Waals surface area contributed by atoms with E-state index in [1.807, 2.05) is 38.1 Å². The van der Waals surface area contributed by atoms with Crippen LogP contribution in [0.2, 0.25) is 0 Å². The number of nitrogens with one attached hydrogen (secondary N) is 1. The van der Waals surface area contributed by atoms with Crippen LogP contribution in [0.1, 0.15) is 46.3 Å². The van der Waals surface area contributed by atoms with Crippen molar-refractivity contribution in [2.75, 3.05) is 6.61 Å². The summed E-state index contributed by atoms with van der Waals surface area (Å²) in [6, 6.07) is 10.6. The second-order valence-corrected chi connectivity index (χ2v) is 6.41. The second-order valence-electron chi connectivity index (χ2n) is 6.41. The molecule has 1 atom stereocenters. The smallest absolute Gasteiger partial charge is 0.258 e. The van der Waals surface area contributed by atoms with Crippen LogP contribution in [-0.4, -0.2) is 18.3 Å². The number of carbonyl (C=O) groups excluding carboxylic acids is 2. The molecule has 0 radical (unpaired) electrons. The molecule has 0 saturated heterocycles. The minimum atomic E-state index is -0.399. The Morgan fingerprint density at radius 2 is 1.96 bits per heavy atom. The summed E-state index contributed by atoms with van der Waals surface area (Å²) < 4.78 is 19.4. The lowest BCUT2D eigenvalue weighted by molar-refractivity contribution is -0.123. The fraction of sp³-hybridized carbons (Fsp3) is 0.300. The average molecular weight is 341 g/mol. The van der Waals surface area contributed by atoms with Gasteiger partial charge in [0.05, 0.1) is 5.56 Å². The Bertz CT molecular complexity index is 814. The zero-order valence-corrected chi connectivity index (χ0v) is 14.3. The number of rotatable bonds is 5. The van der Waals surface area contributed by atoms with Crippen LogP contribution in [0.5, 0.6) is 5.75 Å². The van der Waals surface area contributed by atoms with Crippen LogP contribution in [0.25, 0.3) is 0 Å². The first-order chi connectivity index (χ1) is 12.0. The first-order valence-corrected chi connectivity index (χ1v) is 8.26. The lowest BCUT2D eigenvalue weighted by Crippen LogP contribution is -2.28. The van der Waals surface area contributed by atoms with Gasteiger partial charge in [0.15, 0.2) is 12.4 Å². The maximum atomic E-state index is 13.9. The first kappa shape index (κ1) is 17.1. The molecule has 130 valence electrons. The highest BCUT2D eigenvalue weighted by Gasteiger charge is 2.32. The number of Topliss-reactive ketones (excluding diaryl/α,β-unsaturated/α-hetero) is 1. The van der Waals surface area contributed by atoms with Crippen molar-refractivity contribution in [1.29, 1.82) is 0 Å². The van der Waals surface area contributed by atoms with Crippen LogP contribution in [0, 0.1) is 12.7 Å². The van der Waals surface area contributed by atoms with Gasteiger partial charge >= 0.3 is 0 Å². The van der Waals surface area contributed by atoms with Crippen molar-refractivity contribution < 1.29 is 18.7 Å². The quantitative estimate of drug-likeness (QED) is 0.905. The van der Waals surface area contributed by atoms with Gasteiger partial charge < -0.3 is 10.1 Å². The normalized spacial score (nSPS) is 15.8. The SMILES string of the molecule is Cc1ccc(CNC(=O)COc2ccc(F)c3c2C(=O)C[C@@H]3C)cc1. The van der Waals surface area contributed by atoms with Crippen molar-refractivity contribution in [3.05, 3.63) is 64.5 Å². The Balaban J connectivity index is 1.61. The second kappa shape index (κ2) is 7.05. The number of hydrogen-bond donors (Lipinski definition) is 1. The maximum Gasteiger partial charge on any atom is 0.258 e. The molecule has 4 nitrogen and oxygen atoms in total. The summed E-state index contributed by atoms with van der Waals surface area (Å²) in [6.45, 7) is 4.00. The average Bonchev–Trinajstić information content (AvgIpc) is 2.89. The zero-order chi connectivity index (χ0) is 18.0. The van der Waals surface area contributed by atoms with Crippen molar-refractivity contribution >= 4 is 11.7 Å². The number of halogens is 1. The highest BCUT2D eigenvalue weighted by atomic mass is 19.1. The molecule has 0 bridgehead atoms. The van der Waals surface area contributed by atoms with E-state index in [2.05, 4.69) is 5.32 Å². The molecule has 2 aromatic rings. The number of aryl methyl sites for hydroxylation is 1. The van der Waals surface area contributed by atoms with Crippen LogP contribution in [0.3, 0.4) is 0 Å². The molecule has 0 fully saturated rings. The molecule has 0 heterocycles. The molecule has 1 aliphatic rings. The van der Waals surface area contributed by atoms with E-state index in [9.17, 15) is 14.0 Å². The van der Waals surface area contributed by atoms with Gasteiger partial charge in [-0.25, -0.2) is 4.39 Å². The summed E-state index contributed by atoms with van der Waals surface area (Å²) in [6.07, 6.45) is 0.270. The van der Waals surface area contributed by atoms with Gasteiger partial charge in [-0.05, 0) is 30.5 Å². The summed E-state index contributed by atoms with van der Waals surface area (Å²) in [4.78, 5) is 24.1. The Kier molecular flexibility index (Phi) is 4.83. The topological polar surface area (TPSA) is 55.4 Å². The van der Waals surface area contributed by atoms with E-state index in [0.29, 0.717) is 12.1 Å². The highest BCUT2D eigenvalue weighted by Crippen LogP contribution is 2.39. The van der Waals surface area contributed by atoms with Gasteiger partial charge in [-0.15, -0.1) is 0 Å². The third kappa shape index (κ3) is 3.71. The minimum absolute atomic E-state index is 0.142. The number of hydrogen-bond acceptors (Lipinski definition) is 3. The molecule has 0 aromatic heterocycles. The summed E-state index contributed by atoms with van der Waals surface area (Å²) in [5, 5.41) is 2.76. The summed E-state index contributed by atoms with van der Waals surface area (Å²) in [5.74, 6) is -0.726.